The molecule has 0 atom stereocenters. The molecule has 7 nitrogen and oxygen atoms in total. The van der Waals surface area contributed by atoms with Gasteiger partial charge in [0, 0.05) is 25.9 Å². The van der Waals surface area contributed by atoms with Gasteiger partial charge < -0.3 is 18.9 Å². The van der Waals surface area contributed by atoms with Gasteiger partial charge in [0.1, 0.15) is 5.75 Å². The van der Waals surface area contributed by atoms with E-state index in [4.69, 9.17) is 9.47 Å². The number of thiazole rings is 1. The van der Waals surface area contributed by atoms with Crippen molar-refractivity contribution in [3.63, 3.8) is 0 Å². The average Bonchev–Trinajstić information content (AvgIpc) is 3.38. The minimum Gasteiger partial charge on any atom is -0.494 e. The number of aromatic nitrogens is 1. The van der Waals surface area contributed by atoms with Crippen LogP contribution in [0.4, 0.5) is 5.69 Å². The lowest BCUT2D eigenvalue weighted by Crippen LogP contribution is -2.30. The van der Waals surface area contributed by atoms with Crippen molar-refractivity contribution in [1.29, 1.82) is 0 Å². The van der Waals surface area contributed by atoms with Crippen molar-refractivity contribution in [1.82, 2.24) is 4.57 Å². The number of methoxy groups -OCH3 is 1. The van der Waals surface area contributed by atoms with Crippen molar-refractivity contribution < 1.29 is 19.1 Å². The van der Waals surface area contributed by atoms with Crippen molar-refractivity contribution in [2.45, 2.75) is 19.9 Å². The monoisotopic (exact) mass is 485 g/mol. The summed E-state index contributed by atoms with van der Waals surface area (Å²) in [7, 11) is 1.65. The Morgan fingerprint density at radius 1 is 1.18 bits per heavy atom. The summed E-state index contributed by atoms with van der Waals surface area (Å²) in [6.45, 7) is 4.34. The summed E-state index contributed by atoms with van der Waals surface area (Å²) in [5.41, 5.74) is 3.16. The van der Waals surface area contributed by atoms with Crippen LogP contribution in [0.5, 0.6) is 5.75 Å². The van der Waals surface area contributed by atoms with Gasteiger partial charge in [-0.3, -0.25) is 9.59 Å². The van der Waals surface area contributed by atoms with Crippen molar-refractivity contribution in [2.75, 3.05) is 43.3 Å². The fourth-order valence-electron chi connectivity index (χ4n) is 3.83. The van der Waals surface area contributed by atoms with Crippen molar-refractivity contribution in [2.24, 2.45) is 4.99 Å². The fourth-order valence-corrected chi connectivity index (χ4v) is 5.61. The van der Waals surface area contributed by atoms with Crippen molar-refractivity contribution in [3.05, 3.63) is 52.8 Å². The second-order valence-corrected chi connectivity index (χ2v) is 9.51. The number of benzene rings is 2. The Kier molecular flexibility index (Phi) is 7.85. The van der Waals surface area contributed by atoms with Gasteiger partial charge in [-0.05, 0) is 43.2 Å². The number of nitrogens with zero attached hydrogens (tertiary/aromatic N) is 3. The number of fused-ring (bicyclic) bond motifs is 2. The minimum atomic E-state index is -0.252. The summed E-state index contributed by atoms with van der Waals surface area (Å²) in [6, 6.07) is 13.8. The lowest BCUT2D eigenvalue weighted by molar-refractivity contribution is -0.116. The Bertz CT molecular complexity index is 1220. The van der Waals surface area contributed by atoms with Crippen LogP contribution in [0.3, 0.4) is 0 Å². The molecule has 174 valence electrons. The van der Waals surface area contributed by atoms with E-state index in [1.54, 1.807) is 7.11 Å². The molecule has 0 fully saturated rings. The molecule has 0 spiro atoms. The average molecular weight is 486 g/mol. The van der Waals surface area contributed by atoms with E-state index in [0.717, 1.165) is 28.1 Å². The molecule has 1 aliphatic rings. The standard InChI is InChI=1S/C24H27N3O4S2/c1-3-31-18-8-9-20-21(14-18)33-24(27(20)12-13-30-2)25-22(28)15-32-16-23(29)26-11-10-17-6-4-5-7-19(17)26/h4-9,14H,3,10-13,15-16H2,1-2H3. The molecule has 2 heterocycles. The highest BCUT2D eigenvalue weighted by Crippen LogP contribution is 2.28. The summed E-state index contributed by atoms with van der Waals surface area (Å²) >= 11 is 2.76. The van der Waals surface area contributed by atoms with Crippen molar-refractivity contribution in [3.8, 4) is 5.75 Å². The molecule has 9 heteroatoms. The van der Waals surface area contributed by atoms with Gasteiger partial charge in [-0.25, -0.2) is 0 Å². The number of carbonyl (C=O) groups is 2. The number of thioether (sulfide) groups is 1. The van der Waals surface area contributed by atoms with Gasteiger partial charge in [0.25, 0.3) is 5.91 Å². The SMILES string of the molecule is CCOc1ccc2c(c1)sc(=NC(=O)CSCC(=O)N1CCc3ccccc31)n2CCOC. The Balaban J connectivity index is 1.44. The lowest BCUT2D eigenvalue weighted by Gasteiger charge is -2.16. The molecular weight excluding hydrogens is 458 g/mol. The second-order valence-electron chi connectivity index (χ2n) is 7.51. The van der Waals surface area contributed by atoms with E-state index in [1.165, 1.54) is 28.7 Å². The third-order valence-electron chi connectivity index (χ3n) is 5.34. The molecule has 0 saturated carbocycles. The first-order valence-corrected chi connectivity index (χ1v) is 12.9. The zero-order chi connectivity index (χ0) is 23.2. The van der Waals surface area contributed by atoms with E-state index in [1.807, 2.05) is 52.8 Å². The quantitative estimate of drug-likeness (QED) is 0.464. The molecule has 2 aromatic carbocycles. The number of anilines is 1. The minimum absolute atomic E-state index is 0.0261. The van der Waals surface area contributed by atoms with Crippen LogP contribution in [-0.2, 0) is 27.3 Å². The van der Waals surface area contributed by atoms with Gasteiger partial charge in [0.05, 0.1) is 34.9 Å². The van der Waals surface area contributed by atoms with Crippen LogP contribution in [-0.4, -0.2) is 54.8 Å². The second kappa shape index (κ2) is 11.0. The number of hydrogen-bond acceptors (Lipinski definition) is 6. The van der Waals surface area contributed by atoms with E-state index in [9.17, 15) is 9.59 Å². The van der Waals surface area contributed by atoms with E-state index >= 15 is 0 Å². The van der Waals surface area contributed by atoms with Gasteiger partial charge in [-0.15, -0.1) is 11.8 Å². The smallest absolute Gasteiger partial charge is 0.258 e. The van der Waals surface area contributed by atoms with E-state index in [-0.39, 0.29) is 23.3 Å². The number of rotatable bonds is 9. The molecule has 0 radical (unpaired) electrons. The fraction of sp³-hybridized carbons (Fsp3) is 0.375. The number of para-hydroxylation sites is 1. The van der Waals surface area contributed by atoms with Gasteiger partial charge in [-0.2, -0.15) is 4.99 Å². The van der Waals surface area contributed by atoms with Gasteiger partial charge >= 0.3 is 0 Å². The predicted octanol–water partition coefficient (Wildman–Crippen LogP) is 3.50. The lowest BCUT2D eigenvalue weighted by atomic mass is 10.2. The number of amides is 2. The van der Waals surface area contributed by atoms with Crippen LogP contribution in [0.25, 0.3) is 10.2 Å². The van der Waals surface area contributed by atoms with Crippen LogP contribution in [0, 0.1) is 0 Å². The van der Waals surface area contributed by atoms with E-state index in [0.29, 0.717) is 31.1 Å². The predicted molar refractivity (Wildman–Crippen MR) is 133 cm³/mol. The first-order chi connectivity index (χ1) is 16.1. The Morgan fingerprint density at radius 2 is 2.03 bits per heavy atom. The normalized spacial score (nSPS) is 13.5. The topological polar surface area (TPSA) is 73.1 Å². The third-order valence-corrected chi connectivity index (χ3v) is 7.29. The highest BCUT2D eigenvalue weighted by molar-refractivity contribution is 8.00. The Labute approximate surface area is 201 Å². The highest BCUT2D eigenvalue weighted by atomic mass is 32.2. The first kappa shape index (κ1) is 23.5. The van der Waals surface area contributed by atoms with Gasteiger partial charge in [0.2, 0.25) is 5.91 Å². The first-order valence-electron chi connectivity index (χ1n) is 10.9. The van der Waals surface area contributed by atoms with Crippen LogP contribution in [0.2, 0.25) is 0 Å². The Morgan fingerprint density at radius 3 is 2.85 bits per heavy atom. The highest BCUT2D eigenvalue weighted by Gasteiger charge is 2.23. The maximum absolute atomic E-state index is 12.7. The van der Waals surface area contributed by atoms with Gasteiger partial charge in [-0.1, -0.05) is 29.5 Å². The van der Waals surface area contributed by atoms with E-state index in [2.05, 4.69) is 11.1 Å². The number of carbonyl (C=O) groups excluding carboxylic acids is 2. The summed E-state index contributed by atoms with van der Waals surface area (Å²) < 4.78 is 13.8. The molecule has 2 amide bonds. The molecule has 0 N–H and O–H groups in total. The van der Waals surface area contributed by atoms with Crippen LogP contribution >= 0.6 is 23.1 Å². The molecule has 33 heavy (non-hydrogen) atoms. The van der Waals surface area contributed by atoms with Crippen LogP contribution in [0.15, 0.2) is 47.5 Å². The van der Waals surface area contributed by atoms with Gasteiger partial charge in [0.15, 0.2) is 4.80 Å². The summed E-state index contributed by atoms with van der Waals surface area (Å²) in [6.07, 6.45) is 0.874. The van der Waals surface area contributed by atoms with Crippen LogP contribution in [0.1, 0.15) is 12.5 Å². The number of hydrogen-bond donors (Lipinski definition) is 0. The molecular formula is C24H27N3O4S2. The summed E-state index contributed by atoms with van der Waals surface area (Å²) in [5, 5.41) is 0. The maximum Gasteiger partial charge on any atom is 0.258 e. The molecule has 0 aliphatic carbocycles. The summed E-state index contributed by atoms with van der Waals surface area (Å²) in [4.78, 5) is 32.1. The van der Waals surface area contributed by atoms with E-state index < -0.39 is 0 Å². The maximum atomic E-state index is 12.7. The molecule has 0 saturated heterocycles. The summed E-state index contributed by atoms with van der Waals surface area (Å²) in [5.74, 6) is 0.976. The zero-order valence-electron chi connectivity index (χ0n) is 18.8. The molecule has 4 rings (SSSR count). The molecule has 0 bridgehead atoms. The third kappa shape index (κ3) is 5.48. The molecule has 1 aliphatic heterocycles. The van der Waals surface area contributed by atoms with Crippen LogP contribution < -0.4 is 14.4 Å². The molecule has 3 aromatic rings. The molecule has 1 aromatic heterocycles. The largest absolute Gasteiger partial charge is 0.494 e. The Hall–Kier alpha value is -2.62. The zero-order valence-corrected chi connectivity index (χ0v) is 20.4. The number of ether oxygens (including phenoxy) is 2. The molecule has 0 unspecified atom stereocenters. The van der Waals surface area contributed by atoms with Crippen molar-refractivity contribution >= 4 is 50.8 Å².